The Hall–Kier alpha value is -1.98. The molecule has 1 unspecified atom stereocenters. The third-order valence-electron chi connectivity index (χ3n) is 2.48. The number of hydrogen-bond acceptors (Lipinski definition) is 4. The molecule has 0 saturated carbocycles. The molecule has 0 bridgehead atoms. The molecule has 110 valence electrons. The maximum absolute atomic E-state index is 10.7. The summed E-state index contributed by atoms with van der Waals surface area (Å²) in [4.78, 5) is 14.7. The highest BCUT2D eigenvalue weighted by molar-refractivity contribution is 6.33. The zero-order valence-corrected chi connectivity index (χ0v) is 12.4. The Balaban J connectivity index is 2.09. The third-order valence-corrected chi connectivity index (χ3v) is 2.98. The molecule has 0 spiro atoms. The van der Waals surface area contributed by atoms with E-state index in [1.165, 1.54) is 6.92 Å². The molecule has 5 nitrogen and oxygen atoms in total. The fourth-order valence-corrected chi connectivity index (χ4v) is 1.71. The lowest BCUT2D eigenvalue weighted by molar-refractivity contribution is -0.144. The van der Waals surface area contributed by atoms with E-state index < -0.39 is 12.1 Å². The van der Waals surface area contributed by atoms with Gasteiger partial charge < -0.3 is 14.6 Å². The summed E-state index contributed by atoms with van der Waals surface area (Å²) in [6.45, 7) is 1.45. The molecule has 2 rings (SSSR count). The first-order valence-electron chi connectivity index (χ1n) is 5.95. The molecule has 1 aromatic carbocycles. The van der Waals surface area contributed by atoms with Gasteiger partial charge in [-0.25, -0.2) is 4.79 Å². The van der Waals surface area contributed by atoms with Crippen molar-refractivity contribution in [3.05, 3.63) is 46.6 Å². The highest BCUT2D eigenvalue weighted by Gasteiger charge is 2.12. The van der Waals surface area contributed by atoms with Crippen LogP contribution in [0.2, 0.25) is 10.2 Å². The van der Waals surface area contributed by atoms with Gasteiger partial charge in [-0.2, -0.15) is 4.98 Å². The standard InChI is InChI=1S/C14H11Cl2NO4/c1-8(14(18)19)20-9-2-4-10(5-3-9)21-13-11(15)6-7-12(16)17-13/h2-8H,1H3,(H,18,19). The van der Waals surface area contributed by atoms with Crippen LogP contribution < -0.4 is 9.47 Å². The average Bonchev–Trinajstić information content (AvgIpc) is 2.45. The molecule has 1 heterocycles. The summed E-state index contributed by atoms with van der Waals surface area (Å²) < 4.78 is 10.7. The Morgan fingerprint density at radius 2 is 1.76 bits per heavy atom. The van der Waals surface area contributed by atoms with Crippen LogP contribution in [0.1, 0.15) is 6.92 Å². The average molecular weight is 328 g/mol. The van der Waals surface area contributed by atoms with Gasteiger partial charge in [0, 0.05) is 0 Å². The molecule has 21 heavy (non-hydrogen) atoms. The smallest absolute Gasteiger partial charge is 0.344 e. The molecule has 2 aromatic rings. The van der Waals surface area contributed by atoms with E-state index in [-0.39, 0.29) is 11.0 Å². The van der Waals surface area contributed by atoms with E-state index >= 15 is 0 Å². The number of ether oxygens (including phenoxy) is 2. The van der Waals surface area contributed by atoms with Crippen molar-refractivity contribution < 1.29 is 19.4 Å². The molecule has 0 aliphatic heterocycles. The van der Waals surface area contributed by atoms with Crippen LogP contribution in [0.4, 0.5) is 0 Å². The Morgan fingerprint density at radius 3 is 2.38 bits per heavy atom. The number of rotatable bonds is 5. The van der Waals surface area contributed by atoms with Gasteiger partial charge in [0.25, 0.3) is 0 Å². The van der Waals surface area contributed by atoms with Crippen molar-refractivity contribution in [2.75, 3.05) is 0 Å². The SMILES string of the molecule is CC(Oc1ccc(Oc2nc(Cl)ccc2Cl)cc1)C(=O)O. The normalized spacial score (nSPS) is 11.8. The number of nitrogens with zero attached hydrogens (tertiary/aromatic N) is 1. The van der Waals surface area contributed by atoms with Crippen LogP contribution in [0.5, 0.6) is 17.4 Å². The Bertz CT molecular complexity index is 646. The summed E-state index contributed by atoms with van der Waals surface area (Å²) in [6.07, 6.45) is -0.930. The number of pyridine rings is 1. The number of benzene rings is 1. The van der Waals surface area contributed by atoms with Crippen LogP contribution in [0.25, 0.3) is 0 Å². The van der Waals surface area contributed by atoms with E-state index in [2.05, 4.69) is 4.98 Å². The summed E-state index contributed by atoms with van der Waals surface area (Å²) in [6, 6.07) is 9.55. The monoisotopic (exact) mass is 327 g/mol. The molecule has 1 atom stereocenters. The van der Waals surface area contributed by atoms with Gasteiger partial charge in [-0.3, -0.25) is 0 Å². The number of hydrogen-bond donors (Lipinski definition) is 1. The Morgan fingerprint density at radius 1 is 1.14 bits per heavy atom. The molecule has 1 N–H and O–H groups in total. The molecule has 0 radical (unpaired) electrons. The molecule has 0 aliphatic carbocycles. The van der Waals surface area contributed by atoms with Gasteiger partial charge in [-0.1, -0.05) is 23.2 Å². The van der Waals surface area contributed by atoms with Gasteiger partial charge in [0.15, 0.2) is 6.10 Å². The molecular weight excluding hydrogens is 317 g/mol. The minimum atomic E-state index is -1.04. The van der Waals surface area contributed by atoms with Crippen LogP contribution in [-0.2, 0) is 4.79 Å². The van der Waals surface area contributed by atoms with Gasteiger partial charge in [0.2, 0.25) is 5.88 Å². The van der Waals surface area contributed by atoms with E-state index in [1.807, 2.05) is 0 Å². The lowest BCUT2D eigenvalue weighted by Gasteiger charge is -2.11. The fourth-order valence-electron chi connectivity index (χ4n) is 1.42. The number of aliphatic carboxylic acids is 1. The van der Waals surface area contributed by atoms with Crippen molar-refractivity contribution in [3.63, 3.8) is 0 Å². The third kappa shape index (κ3) is 4.24. The van der Waals surface area contributed by atoms with Crippen LogP contribution in [0, 0.1) is 0 Å². The second-order valence-corrected chi connectivity index (χ2v) is 4.89. The zero-order valence-electron chi connectivity index (χ0n) is 10.9. The zero-order chi connectivity index (χ0) is 15.4. The van der Waals surface area contributed by atoms with Crippen molar-refractivity contribution in [3.8, 4) is 17.4 Å². The summed E-state index contributed by atoms with van der Waals surface area (Å²) in [7, 11) is 0. The van der Waals surface area contributed by atoms with Gasteiger partial charge in [-0.15, -0.1) is 0 Å². The first kappa shape index (κ1) is 15.4. The number of carboxylic acids is 1. The number of carbonyl (C=O) groups is 1. The lowest BCUT2D eigenvalue weighted by Crippen LogP contribution is -2.22. The predicted molar refractivity (Wildman–Crippen MR) is 78.5 cm³/mol. The van der Waals surface area contributed by atoms with Gasteiger partial charge in [0.05, 0.1) is 0 Å². The van der Waals surface area contributed by atoms with Crippen LogP contribution in [0.15, 0.2) is 36.4 Å². The van der Waals surface area contributed by atoms with Crippen molar-refractivity contribution in [1.82, 2.24) is 4.98 Å². The van der Waals surface area contributed by atoms with E-state index in [0.29, 0.717) is 16.5 Å². The second-order valence-electron chi connectivity index (χ2n) is 4.09. The molecular formula is C14H11Cl2NO4. The van der Waals surface area contributed by atoms with Gasteiger partial charge in [-0.05, 0) is 43.3 Å². The molecule has 1 aromatic heterocycles. The first-order valence-corrected chi connectivity index (χ1v) is 6.70. The quantitative estimate of drug-likeness (QED) is 0.839. The van der Waals surface area contributed by atoms with Crippen molar-refractivity contribution in [1.29, 1.82) is 0 Å². The maximum atomic E-state index is 10.7. The predicted octanol–water partition coefficient (Wildman–Crippen LogP) is 4.03. The number of aromatic nitrogens is 1. The van der Waals surface area contributed by atoms with E-state index in [9.17, 15) is 4.79 Å². The Kier molecular flexibility index (Phi) is 4.88. The molecule has 0 saturated heterocycles. The van der Waals surface area contributed by atoms with Crippen LogP contribution >= 0.6 is 23.2 Å². The van der Waals surface area contributed by atoms with E-state index in [1.54, 1.807) is 36.4 Å². The van der Waals surface area contributed by atoms with Crippen molar-refractivity contribution in [2.45, 2.75) is 13.0 Å². The molecule has 0 amide bonds. The van der Waals surface area contributed by atoms with E-state index in [0.717, 1.165) is 0 Å². The highest BCUT2D eigenvalue weighted by atomic mass is 35.5. The van der Waals surface area contributed by atoms with Crippen LogP contribution in [-0.4, -0.2) is 22.2 Å². The summed E-state index contributed by atoms with van der Waals surface area (Å²) in [5, 5.41) is 9.36. The minimum Gasteiger partial charge on any atom is -0.479 e. The molecule has 0 aliphatic rings. The van der Waals surface area contributed by atoms with Crippen LogP contribution in [0.3, 0.4) is 0 Å². The number of halogens is 2. The van der Waals surface area contributed by atoms with E-state index in [4.69, 9.17) is 37.8 Å². The first-order chi connectivity index (χ1) is 9.95. The van der Waals surface area contributed by atoms with Gasteiger partial charge in [0.1, 0.15) is 21.7 Å². The second kappa shape index (κ2) is 6.65. The largest absolute Gasteiger partial charge is 0.479 e. The summed E-state index contributed by atoms with van der Waals surface area (Å²) in [5.74, 6) is 0.0476. The molecule has 7 heteroatoms. The Labute approximate surface area is 131 Å². The van der Waals surface area contributed by atoms with Gasteiger partial charge >= 0.3 is 5.97 Å². The number of carboxylic acid groups (broad SMARTS) is 1. The lowest BCUT2D eigenvalue weighted by atomic mass is 10.3. The summed E-state index contributed by atoms with van der Waals surface area (Å²) in [5.41, 5.74) is 0. The topological polar surface area (TPSA) is 68.7 Å². The maximum Gasteiger partial charge on any atom is 0.344 e. The highest BCUT2D eigenvalue weighted by Crippen LogP contribution is 2.29. The van der Waals surface area contributed by atoms with Crippen molar-refractivity contribution >= 4 is 29.2 Å². The van der Waals surface area contributed by atoms with Crippen molar-refractivity contribution in [2.24, 2.45) is 0 Å². The molecule has 0 fully saturated rings. The minimum absolute atomic E-state index is 0.191. The summed E-state index contributed by atoms with van der Waals surface area (Å²) >= 11 is 11.7. The fraction of sp³-hybridized carbons (Fsp3) is 0.143.